The second kappa shape index (κ2) is 4.94. The molecule has 0 aromatic carbocycles. The van der Waals surface area contributed by atoms with Crippen molar-refractivity contribution < 1.29 is 0 Å². The molecular weight excluding hydrogens is 174 g/mol. The van der Waals surface area contributed by atoms with E-state index < -0.39 is 0 Å². The van der Waals surface area contributed by atoms with Gasteiger partial charge < -0.3 is 4.90 Å². The van der Waals surface area contributed by atoms with Crippen LogP contribution in [0.1, 0.15) is 34.1 Å². The molecule has 0 N–H and O–H groups in total. The average Bonchev–Trinajstić information content (AvgIpc) is 2.31. The predicted molar refractivity (Wildman–Crippen MR) is 61.8 cm³/mol. The summed E-state index contributed by atoms with van der Waals surface area (Å²) in [7, 11) is 0. The topological polar surface area (TPSA) is 28.0 Å². The van der Waals surface area contributed by atoms with Crippen LogP contribution in [0.2, 0.25) is 0 Å². The van der Waals surface area contributed by atoms with Crippen LogP contribution < -0.4 is 0 Å². The van der Waals surface area contributed by atoms with Crippen LogP contribution in [-0.4, -0.2) is 29.2 Å². The lowest BCUT2D eigenvalue weighted by molar-refractivity contribution is 0.289. The SMILES string of the molecule is CC(C)N(C1=NC=CCC=N1)C(C)C. The van der Waals surface area contributed by atoms with Gasteiger partial charge >= 0.3 is 0 Å². The molecule has 1 aliphatic heterocycles. The molecule has 1 heterocycles. The van der Waals surface area contributed by atoms with E-state index in [-0.39, 0.29) is 0 Å². The molecule has 3 heteroatoms. The minimum Gasteiger partial charge on any atom is -0.336 e. The van der Waals surface area contributed by atoms with Crippen LogP contribution in [0.5, 0.6) is 0 Å². The molecule has 0 radical (unpaired) electrons. The average molecular weight is 193 g/mol. The van der Waals surface area contributed by atoms with E-state index in [1.165, 1.54) is 0 Å². The van der Waals surface area contributed by atoms with Crippen molar-refractivity contribution in [2.24, 2.45) is 9.98 Å². The molecule has 0 spiro atoms. The lowest BCUT2D eigenvalue weighted by atomic mass is 10.2. The fraction of sp³-hybridized carbons (Fsp3) is 0.636. The fourth-order valence-electron chi connectivity index (χ4n) is 1.60. The third-order valence-electron chi connectivity index (χ3n) is 2.09. The molecule has 0 aromatic rings. The molecule has 1 aliphatic rings. The van der Waals surface area contributed by atoms with Crippen molar-refractivity contribution in [2.75, 3.05) is 0 Å². The number of nitrogens with zero attached hydrogens (tertiary/aromatic N) is 3. The summed E-state index contributed by atoms with van der Waals surface area (Å²) in [6, 6.07) is 0.856. The molecule has 0 aliphatic carbocycles. The van der Waals surface area contributed by atoms with Crippen molar-refractivity contribution in [1.82, 2.24) is 4.90 Å². The Balaban J connectivity index is 2.87. The van der Waals surface area contributed by atoms with Gasteiger partial charge in [0, 0.05) is 30.9 Å². The van der Waals surface area contributed by atoms with E-state index in [9.17, 15) is 0 Å². The predicted octanol–water partition coefficient (Wildman–Crippen LogP) is 2.45. The minimum atomic E-state index is 0.428. The smallest absolute Gasteiger partial charge is 0.225 e. The largest absolute Gasteiger partial charge is 0.336 e. The molecule has 0 unspecified atom stereocenters. The first kappa shape index (κ1) is 11.0. The van der Waals surface area contributed by atoms with Gasteiger partial charge in [-0.1, -0.05) is 6.08 Å². The first-order valence-corrected chi connectivity index (χ1v) is 5.16. The van der Waals surface area contributed by atoms with Crippen molar-refractivity contribution in [1.29, 1.82) is 0 Å². The molecule has 0 amide bonds. The highest BCUT2D eigenvalue weighted by atomic mass is 15.3. The van der Waals surface area contributed by atoms with Crippen LogP contribution >= 0.6 is 0 Å². The third kappa shape index (κ3) is 2.69. The van der Waals surface area contributed by atoms with E-state index in [0.717, 1.165) is 12.4 Å². The van der Waals surface area contributed by atoms with E-state index in [1.807, 2.05) is 18.5 Å². The zero-order valence-electron chi connectivity index (χ0n) is 9.44. The lowest BCUT2D eigenvalue weighted by Crippen LogP contribution is -2.41. The Bertz CT molecular complexity index is 254. The molecule has 14 heavy (non-hydrogen) atoms. The van der Waals surface area contributed by atoms with Crippen LogP contribution in [0.25, 0.3) is 0 Å². The van der Waals surface area contributed by atoms with Gasteiger partial charge in [-0.2, -0.15) is 0 Å². The van der Waals surface area contributed by atoms with Crippen LogP contribution in [0, 0.1) is 0 Å². The normalized spacial score (nSPS) is 16.0. The summed E-state index contributed by atoms with van der Waals surface area (Å²) >= 11 is 0. The number of aliphatic imine (C=N–C) groups is 2. The first-order chi connectivity index (χ1) is 6.63. The Hall–Kier alpha value is -1.12. The summed E-state index contributed by atoms with van der Waals surface area (Å²) in [5.41, 5.74) is 0. The zero-order chi connectivity index (χ0) is 10.6. The summed E-state index contributed by atoms with van der Waals surface area (Å²) in [6.07, 6.45) is 6.62. The van der Waals surface area contributed by atoms with Gasteiger partial charge in [-0.15, -0.1) is 0 Å². The quantitative estimate of drug-likeness (QED) is 0.662. The van der Waals surface area contributed by atoms with Gasteiger partial charge in [0.1, 0.15) is 0 Å². The molecule has 0 saturated heterocycles. The van der Waals surface area contributed by atoms with Crippen molar-refractivity contribution in [3.63, 3.8) is 0 Å². The Morgan fingerprint density at radius 3 is 2.43 bits per heavy atom. The molecular formula is C11H19N3. The highest BCUT2D eigenvalue weighted by Crippen LogP contribution is 2.09. The highest BCUT2D eigenvalue weighted by Gasteiger charge is 2.17. The molecule has 0 saturated carbocycles. The summed E-state index contributed by atoms with van der Waals surface area (Å²) in [5.74, 6) is 0.823. The Morgan fingerprint density at radius 1 is 1.21 bits per heavy atom. The highest BCUT2D eigenvalue weighted by molar-refractivity contribution is 5.89. The maximum Gasteiger partial charge on any atom is 0.225 e. The standard InChI is InChI=1S/C11H19N3/c1-9(2)14(10(3)4)11-12-7-5-6-8-13-11/h5,7-10H,6H2,1-4H3. The number of rotatable bonds is 2. The summed E-state index contributed by atoms with van der Waals surface area (Å²) in [5, 5.41) is 0. The van der Waals surface area contributed by atoms with E-state index >= 15 is 0 Å². The molecule has 78 valence electrons. The third-order valence-corrected chi connectivity index (χ3v) is 2.09. The van der Waals surface area contributed by atoms with E-state index in [4.69, 9.17) is 0 Å². The Labute approximate surface area is 86.2 Å². The van der Waals surface area contributed by atoms with Crippen LogP contribution in [0.15, 0.2) is 22.3 Å². The fourth-order valence-corrected chi connectivity index (χ4v) is 1.60. The van der Waals surface area contributed by atoms with Gasteiger partial charge in [-0.3, -0.25) is 0 Å². The van der Waals surface area contributed by atoms with Crippen LogP contribution in [0.4, 0.5) is 0 Å². The Kier molecular flexibility index (Phi) is 3.86. The minimum absolute atomic E-state index is 0.428. The van der Waals surface area contributed by atoms with Crippen molar-refractivity contribution in [3.05, 3.63) is 12.3 Å². The van der Waals surface area contributed by atoms with Crippen LogP contribution in [-0.2, 0) is 0 Å². The number of allylic oxidation sites excluding steroid dienone is 1. The number of hydrogen-bond acceptors (Lipinski definition) is 3. The van der Waals surface area contributed by atoms with Gasteiger partial charge in [0.05, 0.1) is 0 Å². The van der Waals surface area contributed by atoms with Crippen molar-refractivity contribution >= 4 is 12.2 Å². The monoisotopic (exact) mass is 193 g/mol. The molecule has 0 aromatic heterocycles. The molecule has 3 nitrogen and oxygen atoms in total. The van der Waals surface area contributed by atoms with E-state index in [0.29, 0.717) is 12.1 Å². The van der Waals surface area contributed by atoms with Gasteiger partial charge in [-0.25, -0.2) is 9.98 Å². The summed E-state index contributed by atoms with van der Waals surface area (Å²) in [6.45, 7) is 8.64. The second-order valence-electron chi connectivity index (χ2n) is 3.96. The number of guanidine groups is 1. The summed E-state index contributed by atoms with van der Waals surface area (Å²) in [4.78, 5) is 10.9. The van der Waals surface area contributed by atoms with Gasteiger partial charge in [0.15, 0.2) is 0 Å². The Morgan fingerprint density at radius 2 is 1.86 bits per heavy atom. The van der Waals surface area contributed by atoms with Crippen LogP contribution in [0.3, 0.4) is 0 Å². The lowest BCUT2D eigenvalue weighted by Gasteiger charge is -2.31. The molecule has 0 atom stereocenters. The maximum absolute atomic E-state index is 4.35. The van der Waals surface area contributed by atoms with E-state index in [1.54, 1.807) is 0 Å². The molecule has 1 rings (SSSR count). The van der Waals surface area contributed by atoms with Gasteiger partial charge in [-0.05, 0) is 27.7 Å². The van der Waals surface area contributed by atoms with Crippen molar-refractivity contribution in [3.8, 4) is 0 Å². The molecule has 0 bridgehead atoms. The second-order valence-corrected chi connectivity index (χ2v) is 3.96. The van der Waals surface area contributed by atoms with Gasteiger partial charge in [0.2, 0.25) is 5.96 Å². The molecule has 0 fully saturated rings. The number of hydrogen-bond donors (Lipinski definition) is 0. The van der Waals surface area contributed by atoms with Crippen molar-refractivity contribution in [2.45, 2.75) is 46.2 Å². The summed E-state index contributed by atoms with van der Waals surface area (Å²) < 4.78 is 0. The first-order valence-electron chi connectivity index (χ1n) is 5.16. The zero-order valence-corrected chi connectivity index (χ0v) is 9.44. The van der Waals surface area contributed by atoms with E-state index in [2.05, 4.69) is 42.6 Å². The maximum atomic E-state index is 4.35. The van der Waals surface area contributed by atoms with Gasteiger partial charge in [0.25, 0.3) is 0 Å².